The van der Waals surface area contributed by atoms with Crippen molar-refractivity contribution in [1.29, 1.82) is 0 Å². The van der Waals surface area contributed by atoms with Crippen molar-refractivity contribution in [2.24, 2.45) is 0 Å². The number of piperidine rings is 1. The minimum Gasteiger partial charge on any atom is -0.300 e. The van der Waals surface area contributed by atoms with Gasteiger partial charge in [0, 0.05) is 31.5 Å². The van der Waals surface area contributed by atoms with Gasteiger partial charge in [0.2, 0.25) is 0 Å². The molecule has 2 bridgehead atoms. The van der Waals surface area contributed by atoms with E-state index in [9.17, 15) is 4.79 Å². The maximum absolute atomic E-state index is 11.5. The molecule has 0 radical (unpaired) electrons. The van der Waals surface area contributed by atoms with Gasteiger partial charge >= 0.3 is 0 Å². The summed E-state index contributed by atoms with van der Waals surface area (Å²) in [5.41, 5.74) is 2.69. The van der Waals surface area contributed by atoms with Crippen molar-refractivity contribution < 1.29 is 4.79 Å². The minimum absolute atomic E-state index is 0.470. The first-order valence-corrected chi connectivity index (χ1v) is 6.55. The fraction of sp³-hybridized carbons (Fsp3) is 0.533. The molecule has 2 nitrogen and oxygen atoms in total. The summed E-state index contributed by atoms with van der Waals surface area (Å²) in [6, 6.07) is 9.81. The number of rotatable bonds is 2. The van der Waals surface area contributed by atoms with Crippen LogP contribution >= 0.6 is 0 Å². The first-order valence-electron chi connectivity index (χ1n) is 6.55. The molecular weight excluding hydrogens is 210 g/mol. The molecule has 0 aromatic heterocycles. The zero-order valence-electron chi connectivity index (χ0n) is 10.4. The lowest BCUT2D eigenvalue weighted by Gasteiger charge is -2.33. The number of carbonyl (C=O) groups excluding carboxylic acids is 1. The van der Waals surface area contributed by atoms with Gasteiger partial charge in [0.25, 0.3) is 0 Å². The van der Waals surface area contributed by atoms with Gasteiger partial charge in [-0.2, -0.15) is 0 Å². The SMILES string of the molecule is Cc1ccc(CN2[C@@H]3CC[C@H]2CC(=O)C3)cc1. The monoisotopic (exact) mass is 229 g/mol. The van der Waals surface area contributed by atoms with E-state index in [-0.39, 0.29) is 0 Å². The molecule has 2 fully saturated rings. The van der Waals surface area contributed by atoms with Gasteiger partial charge in [0.1, 0.15) is 5.78 Å². The quantitative estimate of drug-likeness (QED) is 0.777. The van der Waals surface area contributed by atoms with Crippen LogP contribution in [0, 0.1) is 6.92 Å². The summed E-state index contributed by atoms with van der Waals surface area (Å²) in [5.74, 6) is 0.470. The lowest BCUT2D eigenvalue weighted by atomic mass is 10.0. The van der Waals surface area contributed by atoms with Crippen molar-refractivity contribution >= 4 is 5.78 Å². The molecule has 2 heteroatoms. The van der Waals surface area contributed by atoms with E-state index >= 15 is 0 Å². The number of Topliss-reactive ketones (excluding diaryl/α,β-unsaturated/α-hetero) is 1. The molecule has 0 unspecified atom stereocenters. The van der Waals surface area contributed by atoms with Crippen molar-refractivity contribution in [3.8, 4) is 0 Å². The first kappa shape index (κ1) is 11.0. The Morgan fingerprint density at radius 2 is 1.71 bits per heavy atom. The van der Waals surface area contributed by atoms with Gasteiger partial charge in [-0.05, 0) is 25.3 Å². The average Bonchev–Trinajstić information content (AvgIpc) is 2.56. The Morgan fingerprint density at radius 3 is 2.29 bits per heavy atom. The lowest BCUT2D eigenvalue weighted by Crippen LogP contribution is -2.42. The van der Waals surface area contributed by atoms with Crippen LogP contribution in [-0.2, 0) is 11.3 Å². The predicted molar refractivity (Wildman–Crippen MR) is 67.8 cm³/mol. The second-order valence-corrected chi connectivity index (χ2v) is 5.49. The van der Waals surface area contributed by atoms with Crippen LogP contribution in [0.3, 0.4) is 0 Å². The van der Waals surface area contributed by atoms with Crippen LogP contribution in [0.1, 0.15) is 36.8 Å². The summed E-state index contributed by atoms with van der Waals surface area (Å²) < 4.78 is 0. The second kappa shape index (κ2) is 4.26. The average molecular weight is 229 g/mol. The number of aryl methyl sites for hydroxylation is 1. The molecule has 2 saturated heterocycles. The van der Waals surface area contributed by atoms with Crippen molar-refractivity contribution in [3.05, 3.63) is 35.4 Å². The van der Waals surface area contributed by atoms with E-state index in [0.717, 1.165) is 19.4 Å². The Bertz CT molecular complexity index is 407. The van der Waals surface area contributed by atoms with Crippen molar-refractivity contribution in [2.45, 2.75) is 51.2 Å². The Balaban J connectivity index is 1.74. The van der Waals surface area contributed by atoms with Crippen LogP contribution in [0.25, 0.3) is 0 Å². The molecule has 1 aromatic carbocycles. The van der Waals surface area contributed by atoms with Gasteiger partial charge in [-0.25, -0.2) is 0 Å². The highest BCUT2D eigenvalue weighted by Gasteiger charge is 2.39. The molecule has 2 heterocycles. The molecule has 90 valence electrons. The molecule has 0 amide bonds. The minimum atomic E-state index is 0.470. The van der Waals surface area contributed by atoms with E-state index in [2.05, 4.69) is 36.1 Å². The van der Waals surface area contributed by atoms with E-state index < -0.39 is 0 Å². The number of carbonyl (C=O) groups is 1. The molecule has 1 aromatic rings. The first-order chi connectivity index (χ1) is 8.22. The van der Waals surface area contributed by atoms with Crippen molar-refractivity contribution in [2.75, 3.05) is 0 Å². The highest BCUT2D eigenvalue weighted by atomic mass is 16.1. The highest BCUT2D eigenvalue weighted by molar-refractivity contribution is 5.80. The third-order valence-electron chi connectivity index (χ3n) is 4.18. The molecule has 0 N–H and O–H groups in total. The maximum atomic E-state index is 11.5. The van der Waals surface area contributed by atoms with E-state index in [1.807, 2.05) is 0 Å². The number of benzene rings is 1. The van der Waals surface area contributed by atoms with Gasteiger partial charge in [0.05, 0.1) is 0 Å². The fourth-order valence-electron chi connectivity index (χ4n) is 3.22. The van der Waals surface area contributed by atoms with Crippen LogP contribution in [0.4, 0.5) is 0 Å². The number of hydrogen-bond acceptors (Lipinski definition) is 2. The van der Waals surface area contributed by atoms with Crippen LogP contribution in [0.5, 0.6) is 0 Å². The van der Waals surface area contributed by atoms with E-state index in [1.165, 1.54) is 24.0 Å². The second-order valence-electron chi connectivity index (χ2n) is 5.49. The summed E-state index contributed by atoms with van der Waals surface area (Å²) in [6.07, 6.45) is 3.98. The summed E-state index contributed by atoms with van der Waals surface area (Å²) in [5, 5.41) is 0. The summed E-state index contributed by atoms with van der Waals surface area (Å²) in [6.45, 7) is 3.13. The predicted octanol–water partition coefficient (Wildman–Crippen LogP) is 2.69. The zero-order valence-corrected chi connectivity index (χ0v) is 10.4. The fourth-order valence-corrected chi connectivity index (χ4v) is 3.22. The zero-order chi connectivity index (χ0) is 11.8. The normalized spacial score (nSPS) is 28.6. The molecule has 2 aliphatic heterocycles. The molecular formula is C15H19NO. The Morgan fingerprint density at radius 1 is 1.12 bits per heavy atom. The van der Waals surface area contributed by atoms with Crippen molar-refractivity contribution in [1.82, 2.24) is 4.90 Å². The Hall–Kier alpha value is -1.15. The summed E-state index contributed by atoms with van der Waals surface area (Å²) in [4.78, 5) is 14.1. The van der Waals surface area contributed by atoms with E-state index in [4.69, 9.17) is 0 Å². The number of ketones is 1. The molecule has 0 spiro atoms. The molecule has 0 saturated carbocycles. The smallest absolute Gasteiger partial charge is 0.136 e. The topological polar surface area (TPSA) is 20.3 Å². The lowest BCUT2D eigenvalue weighted by molar-refractivity contribution is -0.123. The number of fused-ring (bicyclic) bond motifs is 2. The number of hydrogen-bond donors (Lipinski definition) is 0. The Kier molecular flexibility index (Phi) is 2.75. The summed E-state index contributed by atoms with van der Waals surface area (Å²) >= 11 is 0. The van der Waals surface area contributed by atoms with Crippen LogP contribution in [-0.4, -0.2) is 22.8 Å². The largest absolute Gasteiger partial charge is 0.300 e. The molecule has 2 atom stereocenters. The Labute approximate surface area is 103 Å². The van der Waals surface area contributed by atoms with Crippen LogP contribution < -0.4 is 0 Å². The third kappa shape index (κ3) is 2.14. The molecule has 2 aliphatic rings. The number of nitrogens with zero attached hydrogens (tertiary/aromatic N) is 1. The van der Waals surface area contributed by atoms with Crippen LogP contribution in [0.2, 0.25) is 0 Å². The van der Waals surface area contributed by atoms with Crippen molar-refractivity contribution in [3.63, 3.8) is 0 Å². The maximum Gasteiger partial charge on any atom is 0.136 e. The molecule has 0 aliphatic carbocycles. The molecule has 17 heavy (non-hydrogen) atoms. The summed E-state index contributed by atoms with van der Waals surface area (Å²) in [7, 11) is 0. The van der Waals surface area contributed by atoms with Gasteiger partial charge in [-0.15, -0.1) is 0 Å². The molecule has 3 rings (SSSR count). The van der Waals surface area contributed by atoms with Gasteiger partial charge < -0.3 is 0 Å². The third-order valence-corrected chi connectivity index (χ3v) is 4.18. The van der Waals surface area contributed by atoms with E-state index in [1.54, 1.807) is 0 Å². The van der Waals surface area contributed by atoms with Gasteiger partial charge in [-0.1, -0.05) is 29.8 Å². The highest BCUT2D eigenvalue weighted by Crippen LogP contribution is 2.34. The van der Waals surface area contributed by atoms with Gasteiger partial charge in [-0.3, -0.25) is 9.69 Å². The van der Waals surface area contributed by atoms with E-state index in [0.29, 0.717) is 17.9 Å². The van der Waals surface area contributed by atoms with Gasteiger partial charge in [0.15, 0.2) is 0 Å². The standard InChI is InChI=1S/C15H19NO/c1-11-2-4-12(5-3-11)10-16-13-6-7-14(16)9-15(17)8-13/h2-5,13-14H,6-10H2,1H3/t13-,14+. The van der Waals surface area contributed by atoms with Crippen LogP contribution in [0.15, 0.2) is 24.3 Å².